The van der Waals surface area contributed by atoms with E-state index in [0.717, 1.165) is 21.2 Å². The Labute approximate surface area is 146 Å². The van der Waals surface area contributed by atoms with Crippen molar-refractivity contribution in [3.05, 3.63) is 48.5 Å². The Balaban J connectivity index is 1.87. The maximum absolute atomic E-state index is 12.7. The van der Waals surface area contributed by atoms with Gasteiger partial charge in [-0.05, 0) is 48.2 Å². The fraction of sp³-hybridized carbons (Fsp3) is 0.278. The van der Waals surface area contributed by atoms with Gasteiger partial charge in [-0.2, -0.15) is 4.31 Å². The molecule has 2 aromatic carbocycles. The van der Waals surface area contributed by atoms with Crippen LogP contribution in [0.5, 0.6) is 5.75 Å². The van der Waals surface area contributed by atoms with Crippen LogP contribution in [0, 0.1) is 0 Å². The van der Waals surface area contributed by atoms with Crippen molar-refractivity contribution in [1.82, 2.24) is 4.31 Å². The van der Waals surface area contributed by atoms with E-state index in [2.05, 4.69) is 0 Å². The van der Waals surface area contributed by atoms with Crippen molar-refractivity contribution < 1.29 is 23.1 Å². The summed E-state index contributed by atoms with van der Waals surface area (Å²) in [5, 5.41) is 9.21. The number of carboxylic acids is 1. The molecule has 1 fully saturated rings. The summed E-state index contributed by atoms with van der Waals surface area (Å²) in [7, 11) is -2.22. The van der Waals surface area contributed by atoms with Crippen LogP contribution in [0.1, 0.15) is 12.8 Å². The number of nitrogens with zero attached hydrogens (tertiary/aromatic N) is 1. The molecule has 0 amide bonds. The van der Waals surface area contributed by atoms with Crippen LogP contribution in [0.2, 0.25) is 0 Å². The molecule has 0 spiro atoms. The summed E-state index contributed by atoms with van der Waals surface area (Å²) in [6.45, 7) is 0.236. The zero-order valence-corrected chi connectivity index (χ0v) is 14.6. The lowest BCUT2D eigenvalue weighted by Gasteiger charge is -2.21. The number of carbonyl (C=O) groups is 1. The molecule has 0 unspecified atom stereocenters. The summed E-state index contributed by atoms with van der Waals surface area (Å²) in [5.41, 5.74) is 1.81. The van der Waals surface area contributed by atoms with E-state index in [4.69, 9.17) is 4.74 Å². The van der Waals surface area contributed by atoms with Crippen molar-refractivity contribution in [3.63, 3.8) is 0 Å². The number of methoxy groups -OCH3 is 1. The lowest BCUT2D eigenvalue weighted by atomic mass is 10.1. The van der Waals surface area contributed by atoms with Gasteiger partial charge in [0.05, 0.1) is 12.0 Å². The highest BCUT2D eigenvalue weighted by Gasteiger charge is 2.39. The Morgan fingerprint density at radius 1 is 1.08 bits per heavy atom. The average Bonchev–Trinajstić information content (AvgIpc) is 3.13. The highest BCUT2D eigenvalue weighted by atomic mass is 32.2. The van der Waals surface area contributed by atoms with E-state index in [-0.39, 0.29) is 11.4 Å². The van der Waals surface area contributed by atoms with Crippen molar-refractivity contribution in [3.8, 4) is 16.9 Å². The van der Waals surface area contributed by atoms with Crippen LogP contribution in [0.15, 0.2) is 53.4 Å². The van der Waals surface area contributed by atoms with Gasteiger partial charge < -0.3 is 9.84 Å². The van der Waals surface area contributed by atoms with Crippen LogP contribution >= 0.6 is 0 Å². The third-order valence-corrected chi connectivity index (χ3v) is 6.30. The van der Waals surface area contributed by atoms with E-state index in [1.165, 1.54) is 12.1 Å². The lowest BCUT2D eigenvalue weighted by molar-refractivity contribution is -0.140. The number of sulfonamides is 1. The molecule has 2 aromatic rings. The van der Waals surface area contributed by atoms with Gasteiger partial charge in [0.1, 0.15) is 11.8 Å². The topological polar surface area (TPSA) is 83.9 Å². The minimum absolute atomic E-state index is 0.109. The summed E-state index contributed by atoms with van der Waals surface area (Å²) in [5.74, 6) is -0.354. The summed E-state index contributed by atoms with van der Waals surface area (Å²) in [4.78, 5) is 11.4. The molecule has 0 radical (unpaired) electrons. The maximum atomic E-state index is 12.7. The number of rotatable bonds is 5. The Kier molecular flexibility index (Phi) is 4.78. The van der Waals surface area contributed by atoms with Crippen LogP contribution < -0.4 is 4.74 Å². The lowest BCUT2D eigenvalue weighted by Crippen LogP contribution is -2.40. The van der Waals surface area contributed by atoms with E-state index in [1.54, 1.807) is 19.2 Å². The third-order valence-electron chi connectivity index (χ3n) is 4.37. The maximum Gasteiger partial charge on any atom is 0.322 e. The molecule has 6 nitrogen and oxygen atoms in total. The predicted molar refractivity (Wildman–Crippen MR) is 93.0 cm³/mol. The Bertz CT molecular complexity index is 859. The molecule has 25 heavy (non-hydrogen) atoms. The summed E-state index contributed by atoms with van der Waals surface area (Å²) in [6, 6.07) is 13.0. The van der Waals surface area contributed by atoms with E-state index in [0.29, 0.717) is 12.8 Å². The quantitative estimate of drug-likeness (QED) is 0.885. The van der Waals surface area contributed by atoms with E-state index < -0.39 is 22.0 Å². The summed E-state index contributed by atoms with van der Waals surface area (Å²) >= 11 is 0. The molecular formula is C18H19NO5S. The van der Waals surface area contributed by atoms with E-state index in [1.807, 2.05) is 24.3 Å². The predicted octanol–water partition coefficient (Wildman–Crippen LogP) is 2.60. The number of hydrogen-bond donors (Lipinski definition) is 1. The SMILES string of the molecule is COc1ccc(-c2ccc(S(=O)(=O)N3CCC[C@@H]3C(=O)O)cc2)cc1. The van der Waals surface area contributed by atoms with E-state index in [9.17, 15) is 18.3 Å². The van der Waals surface area contributed by atoms with Gasteiger partial charge in [0.2, 0.25) is 10.0 Å². The zero-order chi connectivity index (χ0) is 18.0. The first-order valence-electron chi connectivity index (χ1n) is 7.92. The molecule has 3 rings (SSSR count). The van der Waals surface area contributed by atoms with Gasteiger partial charge in [-0.15, -0.1) is 0 Å². The minimum Gasteiger partial charge on any atom is -0.497 e. The van der Waals surface area contributed by atoms with Crippen molar-refractivity contribution >= 4 is 16.0 Å². The van der Waals surface area contributed by atoms with Gasteiger partial charge in [0.25, 0.3) is 0 Å². The molecule has 1 aliphatic heterocycles. The summed E-state index contributed by atoms with van der Waals surface area (Å²) in [6.07, 6.45) is 0.901. The average molecular weight is 361 g/mol. The molecule has 0 bridgehead atoms. The van der Waals surface area contributed by atoms with Gasteiger partial charge in [0.15, 0.2) is 0 Å². The highest BCUT2D eigenvalue weighted by molar-refractivity contribution is 7.89. The number of hydrogen-bond acceptors (Lipinski definition) is 4. The largest absolute Gasteiger partial charge is 0.497 e. The Morgan fingerprint density at radius 2 is 1.64 bits per heavy atom. The van der Waals surface area contributed by atoms with Crippen LogP contribution in [-0.4, -0.2) is 43.5 Å². The van der Waals surface area contributed by atoms with E-state index >= 15 is 0 Å². The van der Waals surface area contributed by atoms with Gasteiger partial charge in [0, 0.05) is 6.54 Å². The number of ether oxygens (including phenoxy) is 1. The molecule has 1 heterocycles. The minimum atomic E-state index is -3.81. The first kappa shape index (κ1) is 17.4. The molecule has 7 heteroatoms. The second-order valence-corrected chi connectivity index (χ2v) is 7.76. The van der Waals surface area contributed by atoms with Gasteiger partial charge in [-0.1, -0.05) is 24.3 Å². The van der Waals surface area contributed by atoms with Crippen molar-refractivity contribution in [1.29, 1.82) is 0 Å². The van der Waals surface area contributed by atoms with Crippen LogP contribution in [-0.2, 0) is 14.8 Å². The molecule has 1 N–H and O–H groups in total. The monoisotopic (exact) mass is 361 g/mol. The van der Waals surface area contributed by atoms with Crippen molar-refractivity contribution in [2.75, 3.05) is 13.7 Å². The fourth-order valence-corrected chi connectivity index (χ4v) is 4.66. The second kappa shape index (κ2) is 6.85. The molecule has 132 valence electrons. The molecule has 0 saturated carbocycles. The third kappa shape index (κ3) is 3.38. The molecule has 1 aliphatic rings. The Hall–Kier alpha value is -2.38. The van der Waals surface area contributed by atoms with Gasteiger partial charge in [-0.3, -0.25) is 4.79 Å². The molecular weight excluding hydrogens is 342 g/mol. The smallest absolute Gasteiger partial charge is 0.322 e. The molecule has 1 atom stereocenters. The van der Waals surface area contributed by atoms with Gasteiger partial charge in [-0.25, -0.2) is 8.42 Å². The zero-order valence-electron chi connectivity index (χ0n) is 13.8. The first-order chi connectivity index (χ1) is 11.9. The first-order valence-corrected chi connectivity index (χ1v) is 9.36. The van der Waals surface area contributed by atoms with Gasteiger partial charge >= 0.3 is 5.97 Å². The molecule has 0 aliphatic carbocycles. The van der Waals surface area contributed by atoms with Crippen molar-refractivity contribution in [2.24, 2.45) is 0 Å². The number of carboxylic acid groups (broad SMARTS) is 1. The Morgan fingerprint density at radius 3 is 2.16 bits per heavy atom. The molecule has 0 aromatic heterocycles. The van der Waals surface area contributed by atoms with Crippen LogP contribution in [0.4, 0.5) is 0 Å². The summed E-state index contributed by atoms with van der Waals surface area (Å²) < 4.78 is 31.7. The van der Waals surface area contributed by atoms with Crippen molar-refractivity contribution in [2.45, 2.75) is 23.8 Å². The number of benzene rings is 2. The second-order valence-electron chi connectivity index (χ2n) is 5.86. The highest BCUT2D eigenvalue weighted by Crippen LogP contribution is 2.28. The van der Waals surface area contributed by atoms with Crippen LogP contribution in [0.25, 0.3) is 11.1 Å². The number of aliphatic carboxylic acids is 1. The standard InChI is InChI=1S/C18H19NO5S/c1-24-15-8-4-13(5-9-15)14-6-10-16(11-7-14)25(22,23)19-12-2-3-17(19)18(20)21/h4-11,17H,2-3,12H2,1H3,(H,20,21)/t17-/m1/s1. The van der Waals surface area contributed by atoms with Crippen LogP contribution in [0.3, 0.4) is 0 Å². The fourth-order valence-electron chi connectivity index (χ4n) is 3.01. The molecule has 1 saturated heterocycles. The normalized spacial score (nSPS) is 18.2.